The van der Waals surface area contributed by atoms with Crippen LogP contribution in [0.1, 0.15) is 37.0 Å². The molecule has 6 heteroatoms. The van der Waals surface area contributed by atoms with Crippen LogP contribution in [0.15, 0.2) is 36.4 Å². The number of nitrogens with one attached hydrogen (secondary N) is 1. The van der Waals surface area contributed by atoms with Crippen LogP contribution in [-0.4, -0.2) is 31.1 Å². The standard InChI is InChI=1S/C17H21NO5/c1-3-5-11-22-17(21)13-7-9-14(10-8-13)18-15(19)12-23-16(20)6-4-2/h4,6-10H,3,5,11-12H2,1-2H3,(H,18,19)/b6-4+. The van der Waals surface area contributed by atoms with Gasteiger partial charge in [-0.2, -0.15) is 0 Å². The van der Waals surface area contributed by atoms with Gasteiger partial charge in [0.2, 0.25) is 0 Å². The van der Waals surface area contributed by atoms with E-state index < -0.39 is 17.8 Å². The average molecular weight is 319 g/mol. The SMILES string of the molecule is C/C=C/C(=O)OCC(=O)Nc1ccc(C(=O)OCCCC)cc1. The summed E-state index contributed by atoms with van der Waals surface area (Å²) in [6.45, 7) is 3.71. The Morgan fingerprint density at radius 3 is 2.43 bits per heavy atom. The first kappa shape index (κ1) is 18.4. The molecule has 23 heavy (non-hydrogen) atoms. The van der Waals surface area contributed by atoms with Crippen LogP contribution in [0, 0.1) is 0 Å². The van der Waals surface area contributed by atoms with Gasteiger partial charge in [0, 0.05) is 11.8 Å². The van der Waals surface area contributed by atoms with Crippen LogP contribution in [0.3, 0.4) is 0 Å². The monoisotopic (exact) mass is 319 g/mol. The normalized spacial score (nSPS) is 10.3. The molecule has 1 amide bonds. The molecule has 1 aromatic rings. The van der Waals surface area contributed by atoms with E-state index in [-0.39, 0.29) is 6.61 Å². The predicted molar refractivity (Wildman–Crippen MR) is 86.0 cm³/mol. The van der Waals surface area contributed by atoms with E-state index in [1.54, 1.807) is 31.2 Å². The van der Waals surface area contributed by atoms with E-state index in [4.69, 9.17) is 9.47 Å². The zero-order chi connectivity index (χ0) is 17.1. The number of unbranched alkanes of at least 4 members (excludes halogenated alkanes) is 1. The summed E-state index contributed by atoms with van der Waals surface area (Å²) in [7, 11) is 0. The lowest BCUT2D eigenvalue weighted by atomic mass is 10.2. The van der Waals surface area contributed by atoms with Gasteiger partial charge in [0.15, 0.2) is 6.61 Å². The van der Waals surface area contributed by atoms with Gasteiger partial charge in [0.1, 0.15) is 0 Å². The molecule has 0 aliphatic rings. The molecule has 0 aliphatic carbocycles. The van der Waals surface area contributed by atoms with Crippen molar-refractivity contribution >= 4 is 23.5 Å². The maximum absolute atomic E-state index is 11.7. The van der Waals surface area contributed by atoms with E-state index >= 15 is 0 Å². The van der Waals surface area contributed by atoms with E-state index in [2.05, 4.69) is 5.32 Å². The molecule has 0 saturated heterocycles. The molecule has 124 valence electrons. The molecule has 0 fully saturated rings. The number of benzene rings is 1. The topological polar surface area (TPSA) is 81.7 Å². The van der Waals surface area contributed by atoms with Gasteiger partial charge in [-0.3, -0.25) is 4.79 Å². The number of carbonyl (C=O) groups is 3. The van der Waals surface area contributed by atoms with Gasteiger partial charge < -0.3 is 14.8 Å². The van der Waals surface area contributed by atoms with Gasteiger partial charge in [0.25, 0.3) is 5.91 Å². The second-order valence-electron chi connectivity index (χ2n) is 4.72. The van der Waals surface area contributed by atoms with Gasteiger partial charge in [-0.15, -0.1) is 0 Å². The minimum Gasteiger partial charge on any atom is -0.462 e. The summed E-state index contributed by atoms with van der Waals surface area (Å²) < 4.78 is 9.81. The highest BCUT2D eigenvalue weighted by Crippen LogP contribution is 2.11. The maximum Gasteiger partial charge on any atom is 0.338 e. The zero-order valence-corrected chi connectivity index (χ0v) is 13.3. The molecular weight excluding hydrogens is 298 g/mol. The Labute approximate surface area is 135 Å². The van der Waals surface area contributed by atoms with Crippen molar-refractivity contribution < 1.29 is 23.9 Å². The molecule has 0 radical (unpaired) electrons. The molecule has 0 unspecified atom stereocenters. The lowest BCUT2D eigenvalue weighted by Crippen LogP contribution is -2.20. The van der Waals surface area contributed by atoms with Crippen LogP contribution in [0.2, 0.25) is 0 Å². The molecule has 1 N–H and O–H groups in total. The third kappa shape index (κ3) is 7.26. The van der Waals surface area contributed by atoms with Gasteiger partial charge in [-0.1, -0.05) is 19.4 Å². The third-order valence-electron chi connectivity index (χ3n) is 2.78. The molecule has 0 bridgehead atoms. The first-order valence-corrected chi connectivity index (χ1v) is 7.43. The number of esters is 2. The van der Waals surface area contributed by atoms with Crippen LogP contribution >= 0.6 is 0 Å². The summed E-state index contributed by atoms with van der Waals surface area (Å²) in [5, 5.41) is 2.57. The smallest absolute Gasteiger partial charge is 0.338 e. The number of hydrogen-bond acceptors (Lipinski definition) is 5. The number of rotatable bonds is 8. The van der Waals surface area contributed by atoms with Crippen molar-refractivity contribution in [1.29, 1.82) is 0 Å². The predicted octanol–water partition coefficient (Wildman–Crippen LogP) is 2.70. The minimum atomic E-state index is -0.576. The van der Waals surface area contributed by atoms with E-state index in [9.17, 15) is 14.4 Å². The van der Waals surface area contributed by atoms with E-state index in [1.165, 1.54) is 12.2 Å². The summed E-state index contributed by atoms with van der Waals surface area (Å²) in [6, 6.07) is 6.30. The fraction of sp³-hybridized carbons (Fsp3) is 0.353. The van der Waals surface area contributed by atoms with Crippen molar-refractivity contribution in [1.82, 2.24) is 0 Å². The Bertz CT molecular complexity index is 563. The summed E-state index contributed by atoms with van der Waals surface area (Å²) in [6.07, 6.45) is 4.54. The molecular formula is C17H21NO5. The van der Waals surface area contributed by atoms with Crippen LogP contribution in [0.25, 0.3) is 0 Å². The number of ether oxygens (including phenoxy) is 2. The first-order chi connectivity index (χ1) is 11.1. The third-order valence-corrected chi connectivity index (χ3v) is 2.78. The fourth-order valence-corrected chi connectivity index (χ4v) is 1.60. The van der Waals surface area contributed by atoms with Crippen LogP contribution in [0.5, 0.6) is 0 Å². The van der Waals surface area contributed by atoms with E-state index in [0.29, 0.717) is 17.9 Å². The summed E-state index contributed by atoms with van der Waals surface area (Å²) in [5.74, 6) is -1.43. The quantitative estimate of drug-likeness (QED) is 0.452. The number of anilines is 1. The molecule has 0 heterocycles. The van der Waals surface area contributed by atoms with Crippen molar-refractivity contribution in [2.45, 2.75) is 26.7 Å². The molecule has 0 aromatic heterocycles. The van der Waals surface area contributed by atoms with Gasteiger partial charge in [-0.25, -0.2) is 9.59 Å². The van der Waals surface area contributed by atoms with Crippen LogP contribution in [-0.2, 0) is 19.1 Å². The van der Waals surface area contributed by atoms with E-state index in [0.717, 1.165) is 12.8 Å². The Hall–Kier alpha value is -2.63. The second kappa shape index (κ2) is 10.2. The molecule has 0 saturated carbocycles. The highest BCUT2D eigenvalue weighted by Gasteiger charge is 2.08. The van der Waals surface area contributed by atoms with Gasteiger partial charge >= 0.3 is 11.9 Å². The largest absolute Gasteiger partial charge is 0.462 e. The van der Waals surface area contributed by atoms with Crippen molar-refractivity contribution in [3.05, 3.63) is 42.0 Å². The highest BCUT2D eigenvalue weighted by atomic mass is 16.5. The van der Waals surface area contributed by atoms with Gasteiger partial charge in [-0.05, 0) is 37.6 Å². The Kier molecular flexibility index (Phi) is 8.13. The van der Waals surface area contributed by atoms with Crippen LogP contribution < -0.4 is 5.32 Å². The Morgan fingerprint density at radius 2 is 1.83 bits per heavy atom. The zero-order valence-electron chi connectivity index (χ0n) is 13.3. The number of carbonyl (C=O) groups excluding carboxylic acids is 3. The number of amides is 1. The molecule has 1 aromatic carbocycles. The average Bonchev–Trinajstić information content (AvgIpc) is 2.54. The lowest BCUT2D eigenvalue weighted by Gasteiger charge is -2.07. The summed E-state index contributed by atoms with van der Waals surface area (Å²) in [5.41, 5.74) is 0.917. The van der Waals surface area contributed by atoms with Crippen molar-refractivity contribution in [3.8, 4) is 0 Å². The van der Waals surface area contributed by atoms with Crippen LogP contribution in [0.4, 0.5) is 5.69 Å². The summed E-state index contributed by atoms with van der Waals surface area (Å²) in [4.78, 5) is 34.4. The van der Waals surface area contributed by atoms with E-state index in [1.807, 2.05) is 6.92 Å². The van der Waals surface area contributed by atoms with Crippen molar-refractivity contribution in [2.24, 2.45) is 0 Å². The fourth-order valence-electron chi connectivity index (χ4n) is 1.60. The highest BCUT2D eigenvalue weighted by molar-refractivity contribution is 5.95. The molecule has 0 spiro atoms. The first-order valence-electron chi connectivity index (χ1n) is 7.43. The number of hydrogen-bond donors (Lipinski definition) is 1. The lowest BCUT2D eigenvalue weighted by molar-refractivity contribution is -0.142. The maximum atomic E-state index is 11.7. The summed E-state index contributed by atoms with van der Waals surface area (Å²) >= 11 is 0. The van der Waals surface area contributed by atoms with Crippen molar-refractivity contribution in [3.63, 3.8) is 0 Å². The molecule has 1 rings (SSSR count). The molecule has 0 atom stereocenters. The second-order valence-corrected chi connectivity index (χ2v) is 4.72. The van der Waals surface area contributed by atoms with Crippen molar-refractivity contribution in [2.75, 3.05) is 18.5 Å². The Morgan fingerprint density at radius 1 is 1.13 bits per heavy atom. The number of allylic oxidation sites excluding steroid dienone is 1. The molecule has 0 aliphatic heterocycles. The molecule has 6 nitrogen and oxygen atoms in total. The minimum absolute atomic E-state index is 0.371. The van der Waals surface area contributed by atoms with Gasteiger partial charge in [0.05, 0.1) is 12.2 Å². The Balaban J connectivity index is 2.45.